The zero-order chi connectivity index (χ0) is 22.2. The molecule has 0 saturated heterocycles. The number of hydrogen-bond donors (Lipinski definition) is 1. The van der Waals surface area contributed by atoms with E-state index < -0.39 is 6.10 Å². The van der Waals surface area contributed by atoms with Gasteiger partial charge in [-0.25, -0.2) is 4.98 Å². The monoisotopic (exact) mass is 433 g/mol. The Morgan fingerprint density at radius 2 is 1.90 bits per heavy atom. The number of rotatable bonds is 5. The van der Waals surface area contributed by atoms with Crippen LogP contribution in [0.3, 0.4) is 0 Å². The molecule has 1 unspecified atom stereocenters. The fourth-order valence-corrected chi connectivity index (χ4v) is 4.11. The third-order valence-corrected chi connectivity index (χ3v) is 5.93. The summed E-state index contributed by atoms with van der Waals surface area (Å²) in [5.74, 6) is 0.562. The third kappa shape index (κ3) is 4.64. The van der Waals surface area contributed by atoms with Gasteiger partial charge in [-0.05, 0) is 43.0 Å². The van der Waals surface area contributed by atoms with Gasteiger partial charge < -0.3 is 10.1 Å². The van der Waals surface area contributed by atoms with E-state index in [9.17, 15) is 4.79 Å². The number of thiazole rings is 1. The summed E-state index contributed by atoms with van der Waals surface area (Å²) in [6.07, 6.45) is 3.37. The third-order valence-electron chi connectivity index (χ3n) is 5.16. The molecule has 1 atom stereocenters. The van der Waals surface area contributed by atoms with Gasteiger partial charge in [-0.15, -0.1) is 11.3 Å². The minimum absolute atomic E-state index is 0.0744. The summed E-state index contributed by atoms with van der Waals surface area (Å²) in [4.78, 5) is 18.3. The first-order valence-electron chi connectivity index (χ1n) is 10.3. The standard InChI is InChI=1S/C25H27N3O2S/c1-16-6-11-22(20(14-16)25(3,4)5)30-17(2)23(29)26-19-9-7-18(8-10-19)21-15-28-12-13-31-24(28)27-21/h6-15,17H,1-5H3,(H,26,29). The van der Waals surface area contributed by atoms with E-state index in [0.29, 0.717) is 0 Å². The van der Waals surface area contributed by atoms with Crippen molar-refractivity contribution in [2.45, 2.75) is 46.1 Å². The quantitative estimate of drug-likeness (QED) is 0.415. The number of nitrogens with zero attached hydrogens (tertiary/aromatic N) is 2. The summed E-state index contributed by atoms with van der Waals surface area (Å²) >= 11 is 1.60. The van der Waals surface area contributed by atoms with Crippen LogP contribution in [0, 0.1) is 6.92 Å². The van der Waals surface area contributed by atoms with Gasteiger partial charge in [0.05, 0.1) is 5.69 Å². The van der Waals surface area contributed by atoms with Crippen molar-refractivity contribution < 1.29 is 9.53 Å². The Morgan fingerprint density at radius 3 is 2.58 bits per heavy atom. The number of imidazole rings is 1. The summed E-state index contributed by atoms with van der Waals surface area (Å²) in [6.45, 7) is 10.3. The summed E-state index contributed by atoms with van der Waals surface area (Å²) in [6, 6.07) is 13.8. The lowest BCUT2D eigenvalue weighted by molar-refractivity contribution is -0.122. The molecule has 5 nitrogen and oxygen atoms in total. The van der Waals surface area contributed by atoms with Crippen LogP contribution in [-0.2, 0) is 10.2 Å². The van der Waals surface area contributed by atoms with E-state index in [-0.39, 0.29) is 11.3 Å². The van der Waals surface area contributed by atoms with E-state index in [1.807, 2.05) is 58.6 Å². The molecule has 4 rings (SSSR count). The van der Waals surface area contributed by atoms with E-state index in [4.69, 9.17) is 4.74 Å². The fraction of sp³-hybridized carbons (Fsp3) is 0.280. The molecule has 2 aromatic heterocycles. The molecule has 6 heteroatoms. The molecule has 0 fully saturated rings. The van der Waals surface area contributed by atoms with Crippen LogP contribution in [0.15, 0.2) is 60.2 Å². The Bertz CT molecular complexity index is 1190. The van der Waals surface area contributed by atoms with Crippen LogP contribution < -0.4 is 10.1 Å². The van der Waals surface area contributed by atoms with Crippen molar-refractivity contribution in [3.8, 4) is 17.0 Å². The zero-order valence-electron chi connectivity index (χ0n) is 18.5. The molecule has 0 spiro atoms. The van der Waals surface area contributed by atoms with Gasteiger partial charge in [0.15, 0.2) is 11.1 Å². The van der Waals surface area contributed by atoms with E-state index in [1.54, 1.807) is 18.3 Å². The van der Waals surface area contributed by atoms with E-state index in [2.05, 4.69) is 44.1 Å². The number of amides is 1. The molecule has 1 N–H and O–H groups in total. The van der Waals surface area contributed by atoms with Gasteiger partial charge in [-0.2, -0.15) is 0 Å². The molecule has 0 saturated carbocycles. The number of aryl methyl sites for hydroxylation is 1. The van der Waals surface area contributed by atoms with Gasteiger partial charge >= 0.3 is 0 Å². The van der Waals surface area contributed by atoms with Gasteiger partial charge in [-0.3, -0.25) is 9.20 Å². The number of carbonyl (C=O) groups is 1. The van der Waals surface area contributed by atoms with Crippen LogP contribution in [-0.4, -0.2) is 21.4 Å². The van der Waals surface area contributed by atoms with Crippen LogP contribution in [0.25, 0.3) is 16.2 Å². The molecule has 0 aliphatic carbocycles. The lowest BCUT2D eigenvalue weighted by Gasteiger charge is -2.25. The summed E-state index contributed by atoms with van der Waals surface area (Å²) < 4.78 is 8.06. The molecule has 0 aliphatic heterocycles. The van der Waals surface area contributed by atoms with Crippen LogP contribution >= 0.6 is 11.3 Å². The van der Waals surface area contributed by atoms with Crippen molar-refractivity contribution >= 4 is 27.9 Å². The Labute approximate surface area is 186 Å². The second kappa shape index (κ2) is 8.19. The number of fused-ring (bicyclic) bond motifs is 1. The molecule has 0 aliphatic rings. The van der Waals surface area contributed by atoms with Gasteiger partial charge in [0.2, 0.25) is 0 Å². The molecule has 31 heavy (non-hydrogen) atoms. The summed E-state index contributed by atoms with van der Waals surface area (Å²) in [5.41, 5.74) is 4.84. The van der Waals surface area contributed by atoms with Gasteiger partial charge in [0, 0.05) is 29.0 Å². The highest BCUT2D eigenvalue weighted by molar-refractivity contribution is 7.15. The Hall–Kier alpha value is -3.12. The first-order chi connectivity index (χ1) is 14.7. The highest BCUT2D eigenvalue weighted by Gasteiger charge is 2.22. The second-order valence-electron chi connectivity index (χ2n) is 8.80. The number of benzene rings is 2. The average molecular weight is 434 g/mol. The topological polar surface area (TPSA) is 55.6 Å². The van der Waals surface area contributed by atoms with Crippen molar-refractivity contribution in [2.24, 2.45) is 0 Å². The first kappa shape index (κ1) is 21.1. The maximum absolute atomic E-state index is 12.7. The number of anilines is 1. The van der Waals surface area contributed by atoms with Crippen molar-refractivity contribution in [3.63, 3.8) is 0 Å². The lowest BCUT2D eigenvalue weighted by Crippen LogP contribution is -2.31. The van der Waals surface area contributed by atoms with Crippen molar-refractivity contribution in [3.05, 3.63) is 71.4 Å². The van der Waals surface area contributed by atoms with Crippen LogP contribution in [0.5, 0.6) is 5.75 Å². The predicted molar refractivity (Wildman–Crippen MR) is 127 cm³/mol. The minimum atomic E-state index is -0.622. The number of nitrogens with one attached hydrogen (secondary N) is 1. The van der Waals surface area contributed by atoms with E-state index in [0.717, 1.165) is 33.2 Å². The van der Waals surface area contributed by atoms with Crippen LogP contribution in [0.2, 0.25) is 0 Å². The second-order valence-corrected chi connectivity index (χ2v) is 9.67. The lowest BCUT2D eigenvalue weighted by atomic mass is 9.85. The molecular weight excluding hydrogens is 406 g/mol. The van der Waals surface area contributed by atoms with Crippen LogP contribution in [0.4, 0.5) is 5.69 Å². The van der Waals surface area contributed by atoms with Gasteiger partial charge in [0.25, 0.3) is 5.91 Å². The Kier molecular flexibility index (Phi) is 5.58. The molecular formula is C25H27N3O2S. The van der Waals surface area contributed by atoms with Gasteiger partial charge in [-0.1, -0.05) is 50.6 Å². The highest BCUT2D eigenvalue weighted by Crippen LogP contribution is 2.33. The number of hydrogen-bond acceptors (Lipinski definition) is 4. The van der Waals surface area contributed by atoms with Crippen molar-refractivity contribution in [2.75, 3.05) is 5.32 Å². The average Bonchev–Trinajstić information content (AvgIpc) is 3.31. The number of ether oxygens (including phenoxy) is 1. The highest BCUT2D eigenvalue weighted by atomic mass is 32.1. The molecule has 0 bridgehead atoms. The van der Waals surface area contributed by atoms with E-state index >= 15 is 0 Å². The molecule has 0 radical (unpaired) electrons. The molecule has 160 valence electrons. The minimum Gasteiger partial charge on any atom is -0.481 e. The number of aromatic nitrogens is 2. The normalized spacial score (nSPS) is 12.7. The Morgan fingerprint density at radius 1 is 1.16 bits per heavy atom. The summed E-state index contributed by atoms with van der Waals surface area (Å²) in [7, 11) is 0. The van der Waals surface area contributed by atoms with Gasteiger partial charge in [0.1, 0.15) is 5.75 Å². The predicted octanol–water partition coefficient (Wildman–Crippen LogP) is 6.07. The molecule has 2 heterocycles. The largest absolute Gasteiger partial charge is 0.481 e. The Balaban J connectivity index is 1.44. The first-order valence-corrected chi connectivity index (χ1v) is 11.2. The van der Waals surface area contributed by atoms with E-state index in [1.165, 1.54) is 5.56 Å². The SMILES string of the molecule is Cc1ccc(OC(C)C(=O)Nc2ccc(-c3cn4ccsc4n3)cc2)c(C(C)(C)C)c1. The molecule has 2 aromatic carbocycles. The van der Waals surface area contributed by atoms with Crippen LogP contribution in [0.1, 0.15) is 38.8 Å². The fourth-order valence-electron chi connectivity index (χ4n) is 3.41. The maximum Gasteiger partial charge on any atom is 0.265 e. The smallest absolute Gasteiger partial charge is 0.265 e. The van der Waals surface area contributed by atoms with Crippen molar-refractivity contribution in [1.82, 2.24) is 9.38 Å². The summed E-state index contributed by atoms with van der Waals surface area (Å²) in [5, 5.41) is 4.95. The maximum atomic E-state index is 12.7. The zero-order valence-corrected chi connectivity index (χ0v) is 19.3. The molecule has 4 aromatic rings. The van der Waals surface area contributed by atoms with Crippen molar-refractivity contribution in [1.29, 1.82) is 0 Å². The number of carbonyl (C=O) groups excluding carboxylic acids is 1. The molecule has 1 amide bonds.